The summed E-state index contributed by atoms with van der Waals surface area (Å²) in [4.78, 5) is 14.0. The molecular weight excluding hydrogens is 276 g/mol. The Bertz CT molecular complexity index is 652. The molecular formula is C18H20N2O2. The zero-order valence-corrected chi connectivity index (χ0v) is 12.7. The molecule has 3 rings (SSSR count). The van der Waals surface area contributed by atoms with Gasteiger partial charge < -0.3 is 10.1 Å². The van der Waals surface area contributed by atoms with Gasteiger partial charge in [-0.3, -0.25) is 4.90 Å². The highest BCUT2D eigenvalue weighted by atomic mass is 16.5. The number of hydrogen-bond acceptors (Lipinski definition) is 2. The Morgan fingerprint density at radius 2 is 1.95 bits per heavy atom. The number of ether oxygens (including phenoxy) is 1. The van der Waals surface area contributed by atoms with Crippen molar-refractivity contribution in [2.24, 2.45) is 0 Å². The smallest absolute Gasteiger partial charge is 0.322 e. The van der Waals surface area contributed by atoms with Gasteiger partial charge in [-0.2, -0.15) is 0 Å². The number of amides is 2. The lowest BCUT2D eigenvalue weighted by atomic mass is 10.2. The minimum Gasteiger partial charge on any atom is -0.492 e. The number of benzene rings is 2. The summed E-state index contributed by atoms with van der Waals surface area (Å²) in [6.07, 6.45) is 0.920. The average Bonchev–Trinajstić information content (AvgIpc) is 2.97. The highest BCUT2D eigenvalue weighted by Gasteiger charge is 2.23. The highest BCUT2D eigenvalue weighted by molar-refractivity contribution is 5.94. The fraction of sp³-hybridized carbons (Fsp3) is 0.278. The first-order valence-corrected chi connectivity index (χ1v) is 7.57. The van der Waals surface area contributed by atoms with Crippen molar-refractivity contribution in [2.75, 3.05) is 24.6 Å². The molecule has 4 nitrogen and oxygen atoms in total. The number of carbonyl (C=O) groups excluding carboxylic acids is 1. The van der Waals surface area contributed by atoms with Gasteiger partial charge in [0.25, 0.3) is 0 Å². The number of rotatable bonds is 4. The third-order valence-corrected chi connectivity index (χ3v) is 3.80. The van der Waals surface area contributed by atoms with E-state index in [9.17, 15) is 4.79 Å². The molecule has 0 spiro atoms. The fourth-order valence-electron chi connectivity index (χ4n) is 2.61. The quantitative estimate of drug-likeness (QED) is 0.881. The number of aryl methyl sites for hydroxylation is 1. The molecule has 0 saturated carbocycles. The molecule has 1 heterocycles. The van der Waals surface area contributed by atoms with Crippen LogP contribution < -0.4 is 15.0 Å². The van der Waals surface area contributed by atoms with Gasteiger partial charge in [0.1, 0.15) is 12.4 Å². The lowest BCUT2D eigenvalue weighted by Gasteiger charge is -2.18. The monoisotopic (exact) mass is 296 g/mol. The van der Waals surface area contributed by atoms with Gasteiger partial charge in [0, 0.05) is 12.2 Å². The molecule has 0 unspecified atom stereocenters. The predicted octanol–water partition coefficient (Wildman–Crippen LogP) is 3.15. The molecule has 0 fully saturated rings. The Labute approximate surface area is 130 Å². The zero-order chi connectivity index (χ0) is 15.4. The Morgan fingerprint density at radius 1 is 1.18 bits per heavy atom. The SMILES string of the molecule is Cc1ccc(OCCNC(=O)N2CCc3ccccc32)cc1. The normalized spacial score (nSPS) is 12.9. The van der Waals surface area contributed by atoms with Crippen LogP contribution in [0.2, 0.25) is 0 Å². The van der Waals surface area contributed by atoms with Gasteiger partial charge in [0.05, 0.1) is 6.54 Å². The molecule has 0 aliphatic carbocycles. The van der Waals surface area contributed by atoms with Crippen molar-refractivity contribution < 1.29 is 9.53 Å². The number of para-hydroxylation sites is 1. The summed E-state index contributed by atoms with van der Waals surface area (Å²) in [7, 11) is 0. The van der Waals surface area contributed by atoms with E-state index in [4.69, 9.17) is 4.74 Å². The van der Waals surface area contributed by atoms with E-state index < -0.39 is 0 Å². The van der Waals surface area contributed by atoms with Crippen LogP contribution in [0.5, 0.6) is 5.75 Å². The van der Waals surface area contributed by atoms with Crippen LogP contribution in [0.4, 0.5) is 10.5 Å². The molecule has 0 bridgehead atoms. The van der Waals surface area contributed by atoms with Crippen molar-refractivity contribution in [3.8, 4) is 5.75 Å². The van der Waals surface area contributed by atoms with E-state index in [0.717, 1.165) is 24.4 Å². The van der Waals surface area contributed by atoms with E-state index in [2.05, 4.69) is 11.4 Å². The van der Waals surface area contributed by atoms with E-state index in [1.54, 1.807) is 4.90 Å². The summed E-state index contributed by atoms with van der Waals surface area (Å²) in [5.74, 6) is 0.825. The summed E-state index contributed by atoms with van der Waals surface area (Å²) in [6.45, 7) is 3.73. The van der Waals surface area contributed by atoms with Crippen LogP contribution in [0.15, 0.2) is 48.5 Å². The average molecular weight is 296 g/mol. The van der Waals surface area contributed by atoms with E-state index in [-0.39, 0.29) is 6.03 Å². The van der Waals surface area contributed by atoms with Crippen LogP contribution in [0, 0.1) is 6.92 Å². The molecule has 114 valence electrons. The van der Waals surface area contributed by atoms with Gasteiger partial charge in [0.15, 0.2) is 0 Å². The first kappa shape index (κ1) is 14.4. The maximum absolute atomic E-state index is 12.2. The molecule has 0 atom stereocenters. The lowest BCUT2D eigenvalue weighted by molar-refractivity contribution is 0.242. The topological polar surface area (TPSA) is 41.6 Å². The number of anilines is 1. The van der Waals surface area contributed by atoms with Crippen LogP contribution >= 0.6 is 0 Å². The first-order valence-electron chi connectivity index (χ1n) is 7.57. The van der Waals surface area contributed by atoms with Crippen LogP contribution in [-0.4, -0.2) is 25.7 Å². The van der Waals surface area contributed by atoms with E-state index in [1.165, 1.54) is 11.1 Å². The second kappa shape index (κ2) is 6.52. The molecule has 4 heteroatoms. The van der Waals surface area contributed by atoms with Gasteiger partial charge >= 0.3 is 6.03 Å². The van der Waals surface area contributed by atoms with Crippen molar-refractivity contribution >= 4 is 11.7 Å². The molecule has 1 N–H and O–H groups in total. The maximum Gasteiger partial charge on any atom is 0.322 e. The van der Waals surface area contributed by atoms with E-state index in [0.29, 0.717) is 13.2 Å². The van der Waals surface area contributed by atoms with Gasteiger partial charge in [0.2, 0.25) is 0 Å². The van der Waals surface area contributed by atoms with E-state index in [1.807, 2.05) is 49.4 Å². The zero-order valence-electron chi connectivity index (χ0n) is 12.7. The molecule has 1 aliphatic heterocycles. The van der Waals surface area contributed by atoms with Crippen molar-refractivity contribution in [1.29, 1.82) is 0 Å². The predicted molar refractivity (Wildman–Crippen MR) is 87.6 cm³/mol. The summed E-state index contributed by atoms with van der Waals surface area (Å²) in [5.41, 5.74) is 3.45. The van der Waals surface area contributed by atoms with Crippen LogP contribution in [0.3, 0.4) is 0 Å². The Morgan fingerprint density at radius 3 is 2.77 bits per heavy atom. The Kier molecular flexibility index (Phi) is 4.28. The Hall–Kier alpha value is -2.49. The number of urea groups is 1. The van der Waals surface area contributed by atoms with Crippen molar-refractivity contribution in [3.05, 3.63) is 59.7 Å². The fourth-order valence-corrected chi connectivity index (χ4v) is 2.61. The minimum atomic E-state index is -0.0579. The molecule has 2 aromatic rings. The second-order valence-electron chi connectivity index (χ2n) is 5.42. The van der Waals surface area contributed by atoms with Crippen molar-refractivity contribution in [1.82, 2.24) is 5.32 Å². The third-order valence-electron chi connectivity index (χ3n) is 3.80. The van der Waals surface area contributed by atoms with Gasteiger partial charge in [-0.25, -0.2) is 4.79 Å². The molecule has 0 aromatic heterocycles. The molecule has 1 aliphatic rings. The molecule has 2 amide bonds. The van der Waals surface area contributed by atoms with Crippen molar-refractivity contribution in [2.45, 2.75) is 13.3 Å². The maximum atomic E-state index is 12.2. The van der Waals surface area contributed by atoms with Gasteiger partial charge in [-0.15, -0.1) is 0 Å². The number of carbonyl (C=O) groups is 1. The van der Waals surface area contributed by atoms with Crippen LogP contribution in [-0.2, 0) is 6.42 Å². The van der Waals surface area contributed by atoms with E-state index >= 15 is 0 Å². The first-order chi connectivity index (χ1) is 10.7. The molecule has 2 aromatic carbocycles. The number of fused-ring (bicyclic) bond motifs is 1. The number of hydrogen-bond donors (Lipinski definition) is 1. The largest absolute Gasteiger partial charge is 0.492 e. The summed E-state index contributed by atoms with van der Waals surface area (Å²) in [5, 5.41) is 2.91. The molecule has 0 saturated heterocycles. The summed E-state index contributed by atoms with van der Waals surface area (Å²) >= 11 is 0. The second-order valence-corrected chi connectivity index (χ2v) is 5.42. The standard InChI is InChI=1S/C18H20N2O2/c1-14-6-8-16(9-7-14)22-13-11-19-18(21)20-12-10-15-4-2-3-5-17(15)20/h2-9H,10-13H2,1H3,(H,19,21). The number of nitrogens with zero attached hydrogens (tertiary/aromatic N) is 1. The minimum absolute atomic E-state index is 0.0579. The number of nitrogens with one attached hydrogen (secondary N) is 1. The third kappa shape index (κ3) is 3.22. The molecule has 22 heavy (non-hydrogen) atoms. The highest BCUT2D eigenvalue weighted by Crippen LogP contribution is 2.27. The van der Waals surface area contributed by atoms with Crippen LogP contribution in [0.1, 0.15) is 11.1 Å². The summed E-state index contributed by atoms with van der Waals surface area (Å²) < 4.78 is 5.61. The van der Waals surface area contributed by atoms with Gasteiger partial charge in [-0.05, 0) is 37.1 Å². The molecule has 0 radical (unpaired) electrons. The Balaban J connectivity index is 1.46. The summed E-state index contributed by atoms with van der Waals surface area (Å²) in [6, 6.07) is 15.9. The van der Waals surface area contributed by atoms with Crippen molar-refractivity contribution in [3.63, 3.8) is 0 Å². The van der Waals surface area contributed by atoms with Crippen LogP contribution in [0.25, 0.3) is 0 Å². The van der Waals surface area contributed by atoms with Gasteiger partial charge in [-0.1, -0.05) is 35.9 Å². The lowest BCUT2D eigenvalue weighted by Crippen LogP contribution is -2.40.